The molecule has 0 amide bonds. The Morgan fingerprint density at radius 3 is 2.71 bits per heavy atom. The Labute approximate surface area is 129 Å². The molecular formula is C14H20ClN5O. The first-order chi connectivity index (χ1) is 9.74. The molecule has 0 atom stereocenters. The lowest BCUT2D eigenvalue weighted by Gasteiger charge is -2.23. The lowest BCUT2D eigenvalue weighted by molar-refractivity contribution is 0.217. The Bertz CT molecular complexity index is 616. The number of nitrogen functional groups attached to an aromatic ring is 2. The first-order valence-electron chi connectivity index (χ1n) is 6.89. The highest BCUT2D eigenvalue weighted by atomic mass is 35.5. The largest absolute Gasteiger partial charge is 0.492 e. The second kappa shape index (κ2) is 6.78. The second-order valence-electron chi connectivity index (χ2n) is 5.12. The minimum absolute atomic E-state index is 0. The number of hydrogen-bond acceptors (Lipinski definition) is 6. The number of ether oxygens (including phenoxy) is 1. The molecule has 0 unspecified atom stereocenters. The van der Waals surface area contributed by atoms with Gasteiger partial charge in [-0.2, -0.15) is 4.98 Å². The predicted molar refractivity (Wildman–Crippen MR) is 86.7 cm³/mol. The zero-order chi connectivity index (χ0) is 13.9. The third-order valence-corrected chi connectivity index (χ3v) is 3.66. The van der Waals surface area contributed by atoms with Gasteiger partial charge in [-0.05, 0) is 44.0 Å². The van der Waals surface area contributed by atoms with Crippen molar-refractivity contribution >= 4 is 35.1 Å². The summed E-state index contributed by atoms with van der Waals surface area (Å²) in [6, 6.07) is 5.66. The number of benzene rings is 1. The van der Waals surface area contributed by atoms with Gasteiger partial charge in [-0.3, -0.25) is 0 Å². The highest BCUT2D eigenvalue weighted by Crippen LogP contribution is 2.29. The molecular weight excluding hydrogens is 290 g/mol. The van der Waals surface area contributed by atoms with Crippen LogP contribution in [0, 0.1) is 5.92 Å². The van der Waals surface area contributed by atoms with E-state index in [-0.39, 0.29) is 18.4 Å². The van der Waals surface area contributed by atoms with Crippen molar-refractivity contribution < 1.29 is 4.74 Å². The number of nitrogens with two attached hydrogens (primary N) is 2. The van der Waals surface area contributed by atoms with Crippen LogP contribution in [0.25, 0.3) is 10.9 Å². The maximum atomic E-state index is 5.95. The van der Waals surface area contributed by atoms with Crippen molar-refractivity contribution in [1.29, 1.82) is 0 Å². The van der Waals surface area contributed by atoms with Crippen LogP contribution < -0.4 is 21.5 Å². The molecule has 0 bridgehead atoms. The lowest BCUT2D eigenvalue weighted by Crippen LogP contribution is -2.30. The van der Waals surface area contributed by atoms with Gasteiger partial charge in [0.15, 0.2) is 0 Å². The van der Waals surface area contributed by atoms with Crippen LogP contribution in [0.2, 0.25) is 0 Å². The van der Waals surface area contributed by atoms with Crippen molar-refractivity contribution in [2.75, 3.05) is 31.2 Å². The Morgan fingerprint density at radius 2 is 1.95 bits per heavy atom. The van der Waals surface area contributed by atoms with Crippen LogP contribution in [0.15, 0.2) is 18.2 Å². The van der Waals surface area contributed by atoms with E-state index < -0.39 is 0 Å². The van der Waals surface area contributed by atoms with Gasteiger partial charge in [0, 0.05) is 0 Å². The van der Waals surface area contributed by atoms with Crippen molar-refractivity contribution in [2.45, 2.75) is 12.8 Å². The summed E-state index contributed by atoms with van der Waals surface area (Å²) in [5.41, 5.74) is 12.3. The maximum Gasteiger partial charge on any atom is 0.222 e. The zero-order valence-electron chi connectivity index (χ0n) is 11.7. The molecule has 0 saturated carbocycles. The molecule has 1 saturated heterocycles. The Hall–Kier alpha value is -1.79. The number of nitrogens with one attached hydrogen (secondary N) is 1. The van der Waals surface area contributed by atoms with Crippen molar-refractivity contribution in [3.8, 4) is 5.75 Å². The van der Waals surface area contributed by atoms with E-state index in [9.17, 15) is 0 Å². The number of fused-ring (bicyclic) bond motifs is 1. The quantitative estimate of drug-likeness (QED) is 0.796. The van der Waals surface area contributed by atoms with Crippen molar-refractivity contribution in [1.82, 2.24) is 15.3 Å². The molecule has 21 heavy (non-hydrogen) atoms. The Kier molecular flexibility index (Phi) is 5.03. The molecule has 0 radical (unpaired) electrons. The first kappa shape index (κ1) is 15.6. The van der Waals surface area contributed by atoms with Gasteiger partial charge in [0.25, 0.3) is 0 Å². The Balaban J connectivity index is 0.00000161. The SMILES string of the molecule is Cl.Nc1nc(N)c2c(OCC3CCNCC3)cccc2n1. The van der Waals surface area contributed by atoms with Gasteiger partial charge in [-0.1, -0.05) is 6.07 Å². The van der Waals surface area contributed by atoms with Crippen molar-refractivity contribution in [3.05, 3.63) is 18.2 Å². The molecule has 0 spiro atoms. The second-order valence-corrected chi connectivity index (χ2v) is 5.12. The summed E-state index contributed by atoms with van der Waals surface area (Å²) in [5.74, 6) is 1.87. The fourth-order valence-electron chi connectivity index (χ4n) is 2.57. The Morgan fingerprint density at radius 1 is 1.19 bits per heavy atom. The summed E-state index contributed by atoms with van der Waals surface area (Å²) < 4.78 is 5.95. The molecule has 0 aliphatic carbocycles. The topological polar surface area (TPSA) is 99.1 Å². The van der Waals surface area contributed by atoms with E-state index in [1.165, 1.54) is 0 Å². The molecule has 1 aliphatic rings. The molecule has 5 N–H and O–H groups in total. The van der Waals surface area contributed by atoms with Crippen LogP contribution >= 0.6 is 12.4 Å². The standard InChI is InChI=1S/C14H19N5O.ClH/c15-13-12-10(18-14(16)19-13)2-1-3-11(12)20-8-9-4-6-17-7-5-9;/h1-3,9,17H,4-8H2,(H4,15,16,18,19);1H. The number of anilines is 2. The minimum Gasteiger partial charge on any atom is -0.492 e. The molecule has 1 aliphatic heterocycles. The number of hydrogen-bond donors (Lipinski definition) is 3. The fraction of sp³-hybridized carbons (Fsp3) is 0.429. The predicted octanol–water partition coefficient (Wildman–Crippen LogP) is 1.59. The third-order valence-electron chi connectivity index (χ3n) is 3.66. The normalized spacial score (nSPS) is 15.6. The van der Waals surface area contributed by atoms with Crippen LogP contribution in [0.4, 0.5) is 11.8 Å². The van der Waals surface area contributed by atoms with E-state index in [1.807, 2.05) is 18.2 Å². The van der Waals surface area contributed by atoms with Gasteiger partial charge in [-0.25, -0.2) is 4.98 Å². The van der Waals surface area contributed by atoms with E-state index >= 15 is 0 Å². The molecule has 2 aromatic rings. The summed E-state index contributed by atoms with van der Waals surface area (Å²) in [6.07, 6.45) is 2.29. The summed E-state index contributed by atoms with van der Waals surface area (Å²) in [6.45, 7) is 2.82. The summed E-state index contributed by atoms with van der Waals surface area (Å²) in [4.78, 5) is 8.20. The molecule has 6 nitrogen and oxygen atoms in total. The van der Waals surface area contributed by atoms with E-state index in [0.29, 0.717) is 18.3 Å². The number of aromatic nitrogens is 2. The number of piperidine rings is 1. The zero-order valence-corrected chi connectivity index (χ0v) is 12.5. The summed E-state index contributed by atoms with van der Waals surface area (Å²) in [5, 5.41) is 4.09. The van der Waals surface area contributed by atoms with E-state index in [1.54, 1.807) is 0 Å². The van der Waals surface area contributed by atoms with E-state index in [2.05, 4.69) is 15.3 Å². The van der Waals surface area contributed by atoms with Gasteiger partial charge in [-0.15, -0.1) is 12.4 Å². The monoisotopic (exact) mass is 309 g/mol. The lowest BCUT2D eigenvalue weighted by atomic mass is 9.99. The highest BCUT2D eigenvalue weighted by molar-refractivity contribution is 5.94. The fourth-order valence-corrected chi connectivity index (χ4v) is 2.57. The van der Waals surface area contributed by atoms with Crippen molar-refractivity contribution in [3.63, 3.8) is 0 Å². The summed E-state index contributed by atoms with van der Waals surface area (Å²) in [7, 11) is 0. The number of halogens is 1. The molecule has 1 aromatic heterocycles. The molecule has 3 rings (SSSR count). The van der Waals surface area contributed by atoms with Gasteiger partial charge in [0.05, 0.1) is 17.5 Å². The average molecular weight is 310 g/mol. The molecule has 2 heterocycles. The summed E-state index contributed by atoms with van der Waals surface area (Å²) >= 11 is 0. The number of nitrogens with zero attached hydrogens (tertiary/aromatic N) is 2. The van der Waals surface area contributed by atoms with Crippen LogP contribution in [-0.4, -0.2) is 29.7 Å². The third kappa shape index (κ3) is 3.46. The van der Waals surface area contributed by atoms with Crippen molar-refractivity contribution in [2.24, 2.45) is 5.92 Å². The molecule has 114 valence electrons. The maximum absolute atomic E-state index is 5.95. The van der Waals surface area contributed by atoms with E-state index in [4.69, 9.17) is 16.2 Å². The minimum atomic E-state index is 0. The van der Waals surface area contributed by atoms with Gasteiger partial charge >= 0.3 is 0 Å². The molecule has 7 heteroatoms. The van der Waals surface area contributed by atoms with Crippen LogP contribution in [0.1, 0.15) is 12.8 Å². The van der Waals surface area contributed by atoms with Crippen LogP contribution in [-0.2, 0) is 0 Å². The smallest absolute Gasteiger partial charge is 0.222 e. The van der Waals surface area contributed by atoms with Crippen LogP contribution in [0.3, 0.4) is 0 Å². The molecule has 1 aromatic carbocycles. The van der Waals surface area contributed by atoms with Gasteiger partial charge in [0.1, 0.15) is 11.6 Å². The molecule has 1 fully saturated rings. The number of rotatable bonds is 3. The highest BCUT2D eigenvalue weighted by Gasteiger charge is 2.15. The average Bonchev–Trinajstić information content (AvgIpc) is 2.45. The van der Waals surface area contributed by atoms with Gasteiger partial charge in [0.2, 0.25) is 5.95 Å². The first-order valence-corrected chi connectivity index (χ1v) is 6.89. The van der Waals surface area contributed by atoms with Crippen LogP contribution in [0.5, 0.6) is 5.75 Å². The van der Waals surface area contributed by atoms with Gasteiger partial charge < -0.3 is 21.5 Å². The van der Waals surface area contributed by atoms with E-state index in [0.717, 1.165) is 42.6 Å².